The number of aryl methyl sites for hydroxylation is 1. The summed E-state index contributed by atoms with van der Waals surface area (Å²) in [4.78, 5) is 28.3. The van der Waals surface area contributed by atoms with Crippen LogP contribution in [0.4, 0.5) is 0 Å². The lowest BCUT2D eigenvalue weighted by atomic mass is 9.95. The van der Waals surface area contributed by atoms with E-state index >= 15 is 0 Å². The summed E-state index contributed by atoms with van der Waals surface area (Å²) in [5.41, 5.74) is 2.12. The second-order valence-corrected chi connectivity index (χ2v) is 8.68. The first-order valence-electron chi connectivity index (χ1n) is 11.9. The van der Waals surface area contributed by atoms with Crippen LogP contribution < -0.4 is 14.8 Å². The van der Waals surface area contributed by atoms with E-state index in [1.54, 1.807) is 36.3 Å². The Balaban J connectivity index is 1.74. The van der Waals surface area contributed by atoms with Crippen LogP contribution in [0.25, 0.3) is 0 Å². The lowest BCUT2D eigenvalue weighted by molar-refractivity contribution is -0.143. The number of nitrogens with one attached hydrogen (secondary N) is 1. The molecule has 0 bridgehead atoms. The van der Waals surface area contributed by atoms with Crippen molar-refractivity contribution in [1.82, 2.24) is 10.2 Å². The summed E-state index contributed by atoms with van der Waals surface area (Å²) >= 11 is 0. The van der Waals surface area contributed by atoms with Crippen LogP contribution in [0, 0.1) is 6.92 Å². The van der Waals surface area contributed by atoms with Crippen molar-refractivity contribution < 1.29 is 19.1 Å². The zero-order valence-electron chi connectivity index (χ0n) is 20.0. The summed E-state index contributed by atoms with van der Waals surface area (Å²) in [6, 6.07) is 14.7. The molecule has 6 nitrogen and oxygen atoms in total. The number of nitrogens with zero attached hydrogens (tertiary/aromatic N) is 1. The van der Waals surface area contributed by atoms with Crippen LogP contribution >= 0.6 is 0 Å². The molecule has 1 N–H and O–H groups in total. The zero-order valence-corrected chi connectivity index (χ0v) is 20.0. The summed E-state index contributed by atoms with van der Waals surface area (Å²) in [5, 5.41) is 3.20. The highest BCUT2D eigenvalue weighted by atomic mass is 16.5. The Hall–Kier alpha value is -3.02. The quantitative estimate of drug-likeness (QED) is 0.570. The van der Waals surface area contributed by atoms with E-state index in [-0.39, 0.29) is 24.5 Å². The SMILES string of the molecule is CCC(C(=O)NC1CCCCC1)N(Cc1ccccc1C)C(=O)COc1ccc(OC)cc1. The maximum atomic E-state index is 13.3. The van der Waals surface area contributed by atoms with Gasteiger partial charge in [0.25, 0.3) is 5.91 Å². The first-order chi connectivity index (χ1) is 16.0. The Morgan fingerprint density at radius 2 is 1.70 bits per heavy atom. The van der Waals surface area contributed by atoms with Gasteiger partial charge in [0.2, 0.25) is 5.91 Å². The van der Waals surface area contributed by atoms with Crippen LogP contribution in [0.5, 0.6) is 11.5 Å². The van der Waals surface area contributed by atoms with Crippen molar-refractivity contribution in [2.75, 3.05) is 13.7 Å². The first kappa shape index (κ1) is 24.6. The standard InChI is InChI=1S/C27H36N2O4/c1-4-25(27(31)28-22-12-6-5-7-13-22)29(18-21-11-9-8-10-20(21)2)26(30)19-33-24-16-14-23(32-3)15-17-24/h8-11,14-17,22,25H,4-7,12-13,18-19H2,1-3H3,(H,28,31). The van der Waals surface area contributed by atoms with Gasteiger partial charge in [-0.15, -0.1) is 0 Å². The summed E-state index contributed by atoms with van der Waals surface area (Å²) in [6.45, 7) is 4.21. The second kappa shape index (κ2) is 12.3. The number of ether oxygens (including phenoxy) is 2. The van der Waals surface area contributed by atoms with E-state index in [9.17, 15) is 9.59 Å². The Morgan fingerprint density at radius 1 is 1.03 bits per heavy atom. The Labute approximate surface area is 197 Å². The van der Waals surface area contributed by atoms with Gasteiger partial charge in [-0.3, -0.25) is 9.59 Å². The smallest absolute Gasteiger partial charge is 0.261 e. The van der Waals surface area contributed by atoms with Crippen LogP contribution in [-0.2, 0) is 16.1 Å². The molecular formula is C27H36N2O4. The minimum Gasteiger partial charge on any atom is -0.497 e. The van der Waals surface area contributed by atoms with Crippen molar-refractivity contribution in [3.05, 3.63) is 59.7 Å². The summed E-state index contributed by atoms with van der Waals surface area (Å²) in [6.07, 6.45) is 6.07. The minimum absolute atomic E-state index is 0.0734. The van der Waals surface area contributed by atoms with Crippen molar-refractivity contribution in [3.8, 4) is 11.5 Å². The molecule has 0 aliphatic heterocycles. The predicted molar refractivity (Wildman–Crippen MR) is 129 cm³/mol. The molecule has 2 amide bonds. The number of hydrogen-bond donors (Lipinski definition) is 1. The van der Waals surface area contributed by atoms with E-state index in [1.165, 1.54) is 6.42 Å². The van der Waals surface area contributed by atoms with Crippen LogP contribution in [0.2, 0.25) is 0 Å². The van der Waals surface area contributed by atoms with Gasteiger partial charge >= 0.3 is 0 Å². The zero-order chi connectivity index (χ0) is 23.6. The molecule has 2 aromatic carbocycles. The molecule has 1 aliphatic rings. The summed E-state index contributed by atoms with van der Waals surface area (Å²) < 4.78 is 10.9. The van der Waals surface area contributed by atoms with Gasteiger partial charge in [0.1, 0.15) is 17.5 Å². The van der Waals surface area contributed by atoms with E-state index in [0.29, 0.717) is 18.7 Å². The van der Waals surface area contributed by atoms with E-state index in [4.69, 9.17) is 9.47 Å². The molecule has 0 saturated heterocycles. The highest BCUT2D eigenvalue weighted by molar-refractivity contribution is 5.88. The number of hydrogen-bond acceptors (Lipinski definition) is 4. The predicted octanol–water partition coefficient (Wildman–Crippen LogP) is 4.64. The topological polar surface area (TPSA) is 67.9 Å². The molecule has 0 radical (unpaired) electrons. The molecule has 1 atom stereocenters. The largest absolute Gasteiger partial charge is 0.497 e. The lowest BCUT2D eigenvalue weighted by Gasteiger charge is -2.33. The Bertz CT molecular complexity index is 907. The molecule has 0 aromatic heterocycles. The van der Waals surface area contributed by atoms with Gasteiger partial charge in [0.15, 0.2) is 6.61 Å². The van der Waals surface area contributed by atoms with Gasteiger partial charge in [-0.25, -0.2) is 0 Å². The molecule has 0 heterocycles. The van der Waals surface area contributed by atoms with Gasteiger partial charge < -0.3 is 19.7 Å². The van der Waals surface area contributed by atoms with Crippen molar-refractivity contribution in [2.24, 2.45) is 0 Å². The van der Waals surface area contributed by atoms with Crippen molar-refractivity contribution in [1.29, 1.82) is 0 Å². The van der Waals surface area contributed by atoms with E-state index in [1.807, 2.05) is 38.1 Å². The average molecular weight is 453 g/mol. The molecule has 2 aromatic rings. The van der Waals surface area contributed by atoms with Crippen molar-refractivity contribution in [2.45, 2.75) is 71.0 Å². The van der Waals surface area contributed by atoms with Crippen LogP contribution in [0.1, 0.15) is 56.6 Å². The Morgan fingerprint density at radius 3 is 2.33 bits per heavy atom. The van der Waals surface area contributed by atoms with Crippen LogP contribution in [0.3, 0.4) is 0 Å². The highest BCUT2D eigenvalue weighted by Gasteiger charge is 2.30. The van der Waals surface area contributed by atoms with Gasteiger partial charge in [-0.05, 0) is 61.6 Å². The number of carbonyl (C=O) groups excluding carboxylic acids is 2. The molecule has 6 heteroatoms. The lowest BCUT2D eigenvalue weighted by Crippen LogP contribution is -2.52. The third-order valence-electron chi connectivity index (χ3n) is 6.36. The van der Waals surface area contributed by atoms with Gasteiger partial charge in [0.05, 0.1) is 7.11 Å². The molecule has 3 rings (SSSR count). The molecule has 178 valence electrons. The monoisotopic (exact) mass is 452 g/mol. The van der Waals surface area contributed by atoms with E-state index in [2.05, 4.69) is 5.32 Å². The molecule has 1 unspecified atom stereocenters. The molecule has 1 fully saturated rings. The molecule has 0 spiro atoms. The summed E-state index contributed by atoms with van der Waals surface area (Å²) in [7, 11) is 1.60. The van der Waals surface area contributed by atoms with Crippen molar-refractivity contribution >= 4 is 11.8 Å². The van der Waals surface area contributed by atoms with Crippen LogP contribution in [-0.4, -0.2) is 42.5 Å². The molecule has 33 heavy (non-hydrogen) atoms. The van der Waals surface area contributed by atoms with Gasteiger partial charge in [-0.1, -0.05) is 50.5 Å². The molecule has 1 saturated carbocycles. The second-order valence-electron chi connectivity index (χ2n) is 8.68. The third kappa shape index (κ3) is 6.98. The fraction of sp³-hybridized carbons (Fsp3) is 0.481. The maximum absolute atomic E-state index is 13.3. The number of carbonyl (C=O) groups is 2. The number of amides is 2. The van der Waals surface area contributed by atoms with Gasteiger partial charge in [0, 0.05) is 12.6 Å². The number of methoxy groups -OCH3 is 1. The molecular weight excluding hydrogens is 416 g/mol. The average Bonchev–Trinajstić information content (AvgIpc) is 2.84. The maximum Gasteiger partial charge on any atom is 0.261 e. The third-order valence-corrected chi connectivity index (χ3v) is 6.36. The van der Waals surface area contributed by atoms with E-state index < -0.39 is 6.04 Å². The van der Waals surface area contributed by atoms with Crippen molar-refractivity contribution in [3.63, 3.8) is 0 Å². The fourth-order valence-corrected chi connectivity index (χ4v) is 4.33. The van der Waals surface area contributed by atoms with E-state index in [0.717, 1.165) is 42.6 Å². The Kier molecular flexibility index (Phi) is 9.16. The number of rotatable bonds is 10. The normalized spacial score (nSPS) is 14.9. The highest BCUT2D eigenvalue weighted by Crippen LogP contribution is 2.21. The minimum atomic E-state index is -0.543. The number of benzene rings is 2. The van der Waals surface area contributed by atoms with Crippen LogP contribution in [0.15, 0.2) is 48.5 Å². The first-order valence-corrected chi connectivity index (χ1v) is 11.9. The van der Waals surface area contributed by atoms with Gasteiger partial charge in [-0.2, -0.15) is 0 Å². The summed E-state index contributed by atoms with van der Waals surface area (Å²) in [5.74, 6) is 1.02. The fourth-order valence-electron chi connectivity index (χ4n) is 4.33. The molecule has 1 aliphatic carbocycles.